The van der Waals surface area contributed by atoms with Crippen LogP contribution in [0.1, 0.15) is 26.7 Å². The molecule has 0 aromatic heterocycles. The third-order valence-electron chi connectivity index (χ3n) is 3.43. The Morgan fingerprint density at radius 3 is 1.86 bits per heavy atom. The van der Waals surface area contributed by atoms with Gasteiger partial charge in [-0.25, -0.2) is 0 Å². The summed E-state index contributed by atoms with van der Waals surface area (Å²) < 4.78 is 0. The van der Waals surface area contributed by atoms with E-state index >= 15 is 0 Å². The summed E-state index contributed by atoms with van der Waals surface area (Å²) >= 11 is 0. The highest BCUT2D eigenvalue weighted by atomic mass is 16.4. The van der Waals surface area contributed by atoms with Gasteiger partial charge in [0.15, 0.2) is 0 Å². The highest BCUT2D eigenvalue weighted by molar-refractivity contribution is 5.96. The lowest BCUT2D eigenvalue weighted by Gasteiger charge is -2.25. The van der Waals surface area contributed by atoms with E-state index in [9.17, 15) is 28.8 Å². The Bertz CT molecular complexity index is 636. The van der Waals surface area contributed by atoms with E-state index in [0.29, 0.717) is 0 Å². The van der Waals surface area contributed by atoms with Crippen molar-refractivity contribution in [1.29, 1.82) is 0 Å². The van der Waals surface area contributed by atoms with Crippen LogP contribution in [-0.2, 0) is 28.8 Å². The SMILES string of the molecule is CC(C)C(NC(=O)C(CC(N)=O)NC(=O)C(N)CC(=O)O)C(=O)NCC(=O)O. The second-order valence-electron chi connectivity index (χ2n) is 6.28. The molecule has 0 fully saturated rings. The predicted molar refractivity (Wildman–Crippen MR) is 93.4 cm³/mol. The van der Waals surface area contributed by atoms with Gasteiger partial charge in [-0.3, -0.25) is 28.8 Å². The molecular formula is C15H25N5O8. The zero-order valence-corrected chi connectivity index (χ0v) is 15.4. The fraction of sp³-hybridized carbons (Fsp3) is 0.600. The van der Waals surface area contributed by atoms with Crippen molar-refractivity contribution in [3.63, 3.8) is 0 Å². The van der Waals surface area contributed by atoms with Crippen molar-refractivity contribution in [3.05, 3.63) is 0 Å². The van der Waals surface area contributed by atoms with Crippen LogP contribution in [0.2, 0.25) is 0 Å². The van der Waals surface area contributed by atoms with Gasteiger partial charge in [-0.1, -0.05) is 13.8 Å². The molecule has 0 aliphatic heterocycles. The number of carboxylic acids is 2. The van der Waals surface area contributed by atoms with Crippen molar-refractivity contribution >= 4 is 35.6 Å². The summed E-state index contributed by atoms with van der Waals surface area (Å²) in [6, 6.07) is -4.13. The smallest absolute Gasteiger partial charge is 0.322 e. The van der Waals surface area contributed by atoms with E-state index in [1.165, 1.54) is 0 Å². The van der Waals surface area contributed by atoms with Crippen molar-refractivity contribution in [2.75, 3.05) is 6.54 Å². The predicted octanol–water partition coefficient (Wildman–Crippen LogP) is -3.51. The first-order chi connectivity index (χ1) is 12.8. The maximum Gasteiger partial charge on any atom is 0.322 e. The van der Waals surface area contributed by atoms with Gasteiger partial charge < -0.3 is 37.6 Å². The number of carbonyl (C=O) groups is 6. The summed E-state index contributed by atoms with van der Waals surface area (Å²) in [7, 11) is 0. The maximum atomic E-state index is 12.4. The van der Waals surface area contributed by atoms with Crippen LogP contribution in [0, 0.1) is 5.92 Å². The number of nitrogens with one attached hydrogen (secondary N) is 3. The van der Waals surface area contributed by atoms with E-state index in [2.05, 4.69) is 16.0 Å². The number of hydrogen-bond acceptors (Lipinski definition) is 7. The van der Waals surface area contributed by atoms with Crippen molar-refractivity contribution in [1.82, 2.24) is 16.0 Å². The molecule has 4 amide bonds. The Morgan fingerprint density at radius 2 is 1.43 bits per heavy atom. The quantitative estimate of drug-likeness (QED) is 0.171. The number of primary amides is 1. The van der Waals surface area contributed by atoms with E-state index in [1.54, 1.807) is 13.8 Å². The Balaban J connectivity index is 5.22. The van der Waals surface area contributed by atoms with Gasteiger partial charge in [0.05, 0.1) is 18.9 Å². The summed E-state index contributed by atoms with van der Waals surface area (Å²) in [5, 5.41) is 23.8. The topological polar surface area (TPSA) is 231 Å². The molecule has 0 aliphatic rings. The Labute approximate surface area is 160 Å². The van der Waals surface area contributed by atoms with Gasteiger partial charge in [-0.2, -0.15) is 0 Å². The fourth-order valence-corrected chi connectivity index (χ4v) is 2.03. The Morgan fingerprint density at radius 1 is 0.857 bits per heavy atom. The lowest BCUT2D eigenvalue weighted by Crippen LogP contribution is -2.58. The zero-order chi connectivity index (χ0) is 22.0. The number of carbonyl (C=O) groups excluding carboxylic acids is 4. The van der Waals surface area contributed by atoms with Crippen molar-refractivity contribution in [2.45, 2.75) is 44.8 Å². The van der Waals surface area contributed by atoms with Crippen molar-refractivity contribution < 1.29 is 39.0 Å². The normalized spacial score (nSPS) is 13.7. The van der Waals surface area contributed by atoms with Gasteiger partial charge in [0.1, 0.15) is 18.6 Å². The van der Waals surface area contributed by atoms with Crippen LogP contribution in [-0.4, -0.2) is 70.5 Å². The molecule has 0 saturated heterocycles. The van der Waals surface area contributed by atoms with Crippen LogP contribution in [0.4, 0.5) is 0 Å². The molecule has 0 heterocycles. The van der Waals surface area contributed by atoms with Crippen LogP contribution in [0.25, 0.3) is 0 Å². The highest BCUT2D eigenvalue weighted by Gasteiger charge is 2.31. The minimum Gasteiger partial charge on any atom is -0.481 e. The number of carboxylic acid groups (broad SMARTS) is 2. The van der Waals surface area contributed by atoms with Gasteiger partial charge in [-0.05, 0) is 5.92 Å². The molecule has 13 heteroatoms. The third-order valence-corrected chi connectivity index (χ3v) is 3.43. The van der Waals surface area contributed by atoms with Gasteiger partial charge in [0.2, 0.25) is 23.6 Å². The molecule has 3 atom stereocenters. The maximum absolute atomic E-state index is 12.4. The minimum atomic E-state index is -1.50. The average molecular weight is 403 g/mol. The van der Waals surface area contributed by atoms with E-state index in [1.807, 2.05) is 0 Å². The molecule has 0 radical (unpaired) electrons. The lowest BCUT2D eigenvalue weighted by molar-refractivity contribution is -0.140. The zero-order valence-electron chi connectivity index (χ0n) is 15.4. The molecule has 9 N–H and O–H groups in total. The second kappa shape index (κ2) is 11.5. The Hall–Kier alpha value is -3.22. The van der Waals surface area contributed by atoms with E-state index < -0.39 is 79.0 Å². The molecule has 0 rings (SSSR count). The number of hydrogen-bond donors (Lipinski definition) is 7. The summed E-state index contributed by atoms with van der Waals surface area (Å²) in [6.07, 6.45) is -1.33. The van der Waals surface area contributed by atoms with Crippen LogP contribution < -0.4 is 27.4 Å². The summed E-state index contributed by atoms with van der Waals surface area (Å²) in [6.45, 7) is 2.49. The summed E-state index contributed by atoms with van der Waals surface area (Å²) in [5.74, 6) is -6.75. The van der Waals surface area contributed by atoms with Crippen molar-refractivity contribution in [3.8, 4) is 0 Å². The van der Waals surface area contributed by atoms with E-state index in [4.69, 9.17) is 21.7 Å². The fourth-order valence-electron chi connectivity index (χ4n) is 2.03. The third kappa shape index (κ3) is 9.47. The molecule has 158 valence electrons. The van der Waals surface area contributed by atoms with Gasteiger partial charge in [0.25, 0.3) is 0 Å². The van der Waals surface area contributed by atoms with Crippen LogP contribution >= 0.6 is 0 Å². The molecule has 0 bridgehead atoms. The molecule has 3 unspecified atom stereocenters. The number of aliphatic carboxylic acids is 2. The molecule has 0 aliphatic carbocycles. The van der Waals surface area contributed by atoms with Gasteiger partial charge in [-0.15, -0.1) is 0 Å². The molecule has 0 saturated carbocycles. The molecule has 0 aromatic rings. The van der Waals surface area contributed by atoms with E-state index in [-0.39, 0.29) is 0 Å². The molecular weight excluding hydrogens is 378 g/mol. The number of rotatable bonds is 12. The van der Waals surface area contributed by atoms with Crippen LogP contribution in [0.3, 0.4) is 0 Å². The summed E-state index contributed by atoms with van der Waals surface area (Å²) in [4.78, 5) is 68.8. The monoisotopic (exact) mass is 403 g/mol. The second-order valence-corrected chi connectivity index (χ2v) is 6.28. The first-order valence-electron chi connectivity index (χ1n) is 8.21. The minimum absolute atomic E-state index is 0.461. The van der Waals surface area contributed by atoms with Crippen LogP contribution in [0.5, 0.6) is 0 Å². The highest BCUT2D eigenvalue weighted by Crippen LogP contribution is 2.04. The average Bonchev–Trinajstić information content (AvgIpc) is 2.55. The standard InChI is InChI=1S/C15H25N5O8/c1-6(2)12(15(28)18-5-11(24)25)20-14(27)8(4-9(17)21)19-13(26)7(16)3-10(22)23/h6-8,12H,3-5,16H2,1-2H3,(H2,17,21)(H,18,28)(H,19,26)(H,20,27)(H,22,23)(H,24,25). The molecule has 0 spiro atoms. The van der Waals surface area contributed by atoms with Crippen molar-refractivity contribution in [2.24, 2.45) is 17.4 Å². The van der Waals surface area contributed by atoms with E-state index in [0.717, 1.165) is 0 Å². The number of amides is 4. The molecule has 28 heavy (non-hydrogen) atoms. The van der Waals surface area contributed by atoms with Gasteiger partial charge in [0, 0.05) is 0 Å². The summed E-state index contributed by atoms with van der Waals surface area (Å²) in [5.41, 5.74) is 10.5. The first-order valence-corrected chi connectivity index (χ1v) is 8.21. The molecule has 13 nitrogen and oxygen atoms in total. The van der Waals surface area contributed by atoms with Crippen LogP contribution in [0.15, 0.2) is 0 Å². The lowest BCUT2D eigenvalue weighted by atomic mass is 10.0. The number of nitrogens with two attached hydrogens (primary N) is 2. The Kier molecular flexibility index (Phi) is 10.2. The van der Waals surface area contributed by atoms with Gasteiger partial charge >= 0.3 is 11.9 Å². The first kappa shape index (κ1) is 24.8. The molecule has 0 aromatic carbocycles. The largest absolute Gasteiger partial charge is 0.481 e.